The van der Waals surface area contributed by atoms with Crippen molar-refractivity contribution in [3.8, 4) is 0 Å². The number of hydrogen-bond donors (Lipinski definition) is 2. The van der Waals surface area contributed by atoms with Crippen molar-refractivity contribution in [1.82, 2.24) is 5.32 Å². The zero-order chi connectivity index (χ0) is 18.8. The van der Waals surface area contributed by atoms with Gasteiger partial charge in [-0.1, -0.05) is 30.3 Å². The number of hydrogen-bond acceptors (Lipinski definition) is 4. The molecule has 0 aliphatic heterocycles. The first kappa shape index (κ1) is 18.9. The molecule has 2 N–H and O–H groups in total. The lowest BCUT2D eigenvalue weighted by molar-refractivity contribution is -0.117. The first-order valence-electron chi connectivity index (χ1n) is 8.07. The zero-order valence-electron chi connectivity index (χ0n) is 14.4. The number of ether oxygens (including phenoxy) is 1. The van der Waals surface area contributed by atoms with Gasteiger partial charge in [-0.25, -0.2) is 4.79 Å². The summed E-state index contributed by atoms with van der Waals surface area (Å²) in [7, 11) is 1.31. The van der Waals surface area contributed by atoms with Gasteiger partial charge in [-0.3, -0.25) is 9.59 Å². The number of rotatable bonds is 7. The van der Waals surface area contributed by atoms with E-state index in [2.05, 4.69) is 15.4 Å². The number of methoxy groups -OCH3 is 1. The third-order valence-corrected chi connectivity index (χ3v) is 3.47. The Bertz CT molecular complexity index is 783. The number of benzene rings is 2. The molecule has 0 atom stereocenters. The fraction of sp³-hybridized carbons (Fsp3) is 0.150. The normalized spacial score (nSPS) is 10.3. The maximum atomic E-state index is 11.9. The molecule has 134 valence electrons. The van der Waals surface area contributed by atoms with Crippen LogP contribution in [0.15, 0.2) is 60.7 Å². The number of amides is 2. The first-order valence-corrected chi connectivity index (χ1v) is 8.07. The van der Waals surface area contributed by atoms with Gasteiger partial charge in [-0.05, 0) is 35.9 Å². The second-order valence-corrected chi connectivity index (χ2v) is 5.40. The molecule has 0 fully saturated rings. The third kappa shape index (κ3) is 6.24. The Hall–Kier alpha value is -3.41. The van der Waals surface area contributed by atoms with Crippen molar-refractivity contribution in [2.24, 2.45) is 0 Å². The van der Waals surface area contributed by atoms with Gasteiger partial charge in [0.15, 0.2) is 0 Å². The fourth-order valence-corrected chi connectivity index (χ4v) is 2.13. The average molecular weight is 352 g/mol. The van der Waals surface area contributed by atoms with Gasteiger partial charge in [0.05, 0.1) is 12.7 Å². The van der Waals surface area contributed by atoms with Crippen LogP contribution >= 0.6 is 0 Å². The summed E-state index contributed by atoms with van der Waals surface area (Å²) in [5.41, 5.74) is 1.90. The Morgan fingerprint density at radius 3 is 2.35 bits per heavy atom. The summed E-state index contributed by atoms with van der Waals surface area (Å²) in [6, 6.07) is 15.8. The molecule has 0 unspecified atom stereocenters. The molecule has 0 radical (unpaired) electrons. The molecule has 0 aliphatic rings. The lowest BCUT2D eigenvalue weighted by atomic mass is 10.2. The smallest absolute Gasteiger partial charge is 0.337 e. The number of anilines is 1. The minimum atomic E-state index is -0.436. The quantitative estimate of drug-likeness (QED) is 0.593. The number of carbonyl (C=O) groups is 3. The molecule has 2 amide bonds. The summed E-state index contributed by atoms with van der Waals surface area (Å²) in [6.45, 7) is 0.226. The molecule has 2 aromatic carbocycles. The van der Waals surface area contributed by atoms with Crippen molar-refractivity contribution in [2.45, 2.75) is 6.42 Å². The molecule has 0 aliphatic carbocycles. The second kappa shape index (κ2) is 9.78. The summed E-state index contributed by atoms with van der Waals surface area (Å²) in [5.74, 6) is -0.929. The minimum absolute atomic E-state index is 0.143. The molecule has 26 heavy (non-hydrogen) atoms. The van der Waals surface area contributed by atoms with Crippen LogP contribution in [0.4, 0.5) is 5.69 Å². The van der Waals surface area contributed by atoms with Crippen molar-refractivity contribution in [3.05, 3.63) is 71.8 Å². The standard InChI is InChI=1S/C20H20N2O4/c1-26-20(25)16-8-10-17(11-9-16)22-19(24)13-14-21-18(23)12-7-15-5-3-2-4-6-15/h2-12H,13-14H2,1H3,(H,21,23)(H,22,24)/b12-7+. The average Bonchev–Trinajstić information content (AvgIpc) is 2.67. The van der Waals surface area contributed by atoms with Crippen LogP contribution in [-0.4, -0.2) is 31.4 Å². The highest BCUT2D eigenvalue weighted by Crippen LogP contribution is 2.10. The van der Waals surface area contributed by atoms with Crippen LogP contribution in [0.25, 0.3) is 6.08 Å². The molecule has 6 heteroatoms. The topological polar surface area (TPSA) is 84.5 Å². The van der Waals surface area contributed by atoms with E-state index in [0.29, 0.717) is 11.3 Å². The summed E-state index contributed by atoms with van der Waals surface area (Å²) in [5, 5.41) is 5.35. The van der Waals surface area contributed by atoms with Crippen LogP contribution in [0.5, 0.6) is 0 Å². The largest absolute Gasteiger partial charge is 0.465 e. The van der Waals surface area contributed by atoms with Crippen molar-refractivity contribution >= 4 is 29.5 Å². The second-order valence-electron chi connectivity index (χ2n) is 5.40. The van der Waals surface area contributed by atoms with Crippen molar-refractivity contribution in [1.29, 1.82) is 0 Å². The van der Waals surface area contributed by atoms with Crippen molar-refractivity contribution in [3.63, 3.8) is 0 Å². The van der Waals surface area contributed by atoms with Crippen LogP contribution in [-0.2, 0) is 14.3 Å². The van der Waals surface area contributed by atoms with E-state index in [1.54, 1.807) is 30.3 Å². The van der Waals surface area contributed by atoms with Gasteiger partial charge < -0.3 is 15.4 Å². The summed E-state index contributed by atoms with van der Waals surface area (Å²) in [4.78, 5) is 34.9. The number of nitrogens with one attached hydrogen (secondary N) is 2. The molecule has 0 spiro atoms. The fourth-order valence-electron chi connectivity index (χ4n) is 2.13. The van der Waals surface area contributed by atoms with Gasteiger partial charge in [-0.2, -0.15) is 0 Å². The SMILES string of the molecule is COC(=O)c1ccc(NC(=O)CCNC(=O)/C=C/c2ccccc2)cc1. The zero-order valence-corrected chi connectivity index (χ0v) is 14.4. The van der Waals surface area contributed by atoms with E-state index in [9.17, 15) is 14.4 Å². The van der Waals surface area contributed by atoms with E-state index >= 15 is 0 Å². The van der Waals surface area contributed by atoms with E-state index in [0.717, 1.165) is 5.56 Å². The van der Waals surface area contributed by atoms with Crippen LogP contribution in [0.2, 0.25) is 0 Å². The Balaban J connectivity index is 1.72. The van der Waals surface area contributed by atoms with Gasteiger partial charge in [0.2, 0.25) is 11.8 Å². The molecule has 0 saturated heterocycles. The molecule has 0 bridgehead atoms. The third-order valence-electron chi connectivity index (χ3n) is 3.47. The summed E-state index contributed by atoms with van der Waals surface area (Å²) >= 11 is 0. The van der Waals surface area contributed by atoms with Crippen LogP contribution in [0.3, 0.4) is 0 Å². The molecule has 6 nitrogen and oxygen atoms in total. The van der Waals surface area contributed by atoms with Gasteiger partial charge in [0.1, 0.15) is 0 Å². The van der Waals surface area contributed by atoms with Crippen LogP contribution in [0, 0.1) is 0 Å². The predicted molar refractivity (Wildman–Crippen MR) is 99.5 cm³/mol. The van der Waals surface area contributed by atoms with Gasteiger partial charge in [0, 0.05) is 24.7 Å². The van der Waals surface area contributed by atoms with E-state index < -0.39 is 5.97 Å². The molecular weight excluding hydrogens is 332 g/mol. The Kier molecular flexibility index (Phi) is 7.12. The van der Waals surface area contributed by atoms with E-state index in [4.69, 9.17) is 0 Å². The number of carbonyl (C=O) groups excluding carboxylic acids is 3. The predicted octanol–water partition coefficient (Wildman–Crippen LogP) is 2.63. The highest BCUT2D eigenvalue weighted by atomic mass is 16.5. The van der Waals surface area contributed by atoms with Gasteiger partial charge in [-0.15, -0.1) is 0 Å². The minimum Gasteiger partial charge on any atom is -0.465 e. The van der Waals surface area contributed by atoms with Crippen LogP contribution < -0.4 is 10.6 Å². The van der Waals surface area contributed by atoms with Crippen molar-refractivity contribution in [2.75, 3.05) is 19.0 Å². The lowest BCUT2D eigenvalue weighted by Gasteiger charge is -2.06. The van der Waals surface area contributed by atoms with Gasteiger partial charge >= 0.3 is 5.97 Å². The van der Waals surface area contributed by atoms with E-state index in [-0.39, 0.29) is 24.8 Å². The lowest BCUT2D eigenvalue weighted by Crippen LogP contribution is -2.26. The molecular formula is C20H20N2O4. The highest BCUT2D eigenvalue weighted by molar-refractivity contribution is 5.94. The maximum Gasteiger partial charge on any atom is 0.337 e. The first-order chi connectivity index (χ1) is 12.6. The molecule has 0 saturated carbocycles. The molecule has 0 aromatic heterocycles. The summed E-state index contributed by atoms with van der Waals surface area (Å²) in [6.07, 6.45) is 3.28. The van der Waals surface area contributed by atoms with E-state index in [1.807, 2.05) is 30.3 Å². The monoisotopic (exact) mass is 352 g/mol. The van der Waals surface area contributed by atoms with Crippen LogP contribution in [0.1, 0.15) is 22.3 Å². The van der Waals surface area contributed by atoms with E-state index in [1.165, 1.54) is 13.2 Å². The molecule has 2 rings (SSSR count). The summed E-state index contributed by atoms with van der Waals surface area (Å²) < 4.78 is 4.61. The maximum absolute atomic E-state index is 11.9. The Morgan fingerprint density at radius 1 is 1.00 bits per heavy atom. The molecule has 2 aromatic rings. The Labute approximate surface area is 151 Å². The van der Waals surface area contributed by atoms with Crippen molar-refractivity contribution < 1.29 is 19.1 Å². The van der Waals surface area contributed by atoms with Gasteiger partial charge in [0.25, 0.3) is 0 Å². The Morgan fingerprint density at radius 2 is 1.69 bits per heavy atom. The number of esters is 1. The highest BCUT2D eigenvalue weighted by Gasteiger charge is 2.06. The molecule has 0 heterocycles.